The topological polar surface area (TPSA) is 59.6 Å². The molecule has 0 aliphatic carbocycles. The minimum atomic E-state index is -0.424. The third-order valence-electron chi connectivity index (χ3n) is 2.84. The molecule has 0 bridgehead atoms. The van der Waals surface area contributed by atoms with E-state index in [4.69, 9.17) is 9.57 Å². The van der Waals surface area contributed by atoms with Gasteiger partial charge in [0.1, 0.15) is 0 Å². The van der Waals surface area contributed by atoms with Gasteiger partial charge in [0.05, 0.1) is 18.8 Å². The van der Waals surface area contributed by atoms with Gasteiger partial charge in [-0.15, -0.1) is 0 Å². The summed E-state index contributed by atoms with van der Waals surface area (Å²) in [4.78, 5) is 16.8. The van der Waals surface area contributed by atoms with E-state index in [0.717, 1.165) is 25.8 Å². The third-order valence-corrected chi connectivity index (χ3v) is 2.84. The predicted octanol–water partition coefficient (Wildman–Crippen LogP) is 0.213. The second-order valence-electron chi connectivity index (χ2n) is 3.74. The molecule has 1 aliphatic heterocycles. The second-order valence-corrected chi connectivity index (χ2v) is 3.74. The Morgan fingerprint density at radius 2 is 2.33 bits per heavy atom. The number of hydrogen-bond donors (Lipinski definition) is 2. The lowest BCUT2D eigenvalue weighted by Crippen LogP contribution is -2.53. The van der Waals surface area contributed by atoms with Crippen LogP contribution in [0.1, 0.15) is 26.2 Å². The number of hydroxylamine groups is 1. The summed E-state index contributed by atoms with van der Waals surface area (Å²) >= 11 is 0. The summed E-state index contributed by atoms with van der Waals surface area (Å²) in [5.41, 5.74) is 2.05. The molecule has 0 aromatic carbocycles. The van der Waals surface area contributed by atoms with Crippen LogP contribution >= 0.6 is 0 Å². The monoisotopic (exact) mass is 216 g/mol. The molecule has 1 saturated heterocycles. The molecule has 0 aromatic heterocycles. The zero-order valence-electron chi connectivity index (χ0n) is 9.47. The van der Waals surface area contributed by atoms with E-state index in [1.165, 1.54) is 0 Å². The normalized spacial score (nSPS) is 25.5. The van der Waals surface area contributed by atoms with Crippen molar-refractivity contribution in [1.82, 2.24) is 10.8 Å². The van der Waals surface area contributed by atoms with Crippen molar-refractivity contribution in [1.29, 1.82) is 0 Å². The van der Waals surface area contributed by atoms with Gasteiger partial charge < -0.3 is 10.1 Å². The Bertz CT molecular complexity index is 203. The fourth-order valence-corrected chi connectivity index (χ4v) is 1.80. The highest BCUT2D eigenvalue weighted by atomic mass is 16.7. The molecule has 1 amide bonds. The molecule has 0 saturated carbocycles. The molecule has 0 aromatic rings. The van der Waals surface area contributed by atoms with Crippen LogP contribution in [0.3, 0.4) is 0 Å². The van der Waals surface area contributed by atoms with Gasteiger partial charge >= 0.3 is 0 Å². The highest BCUT2D eigenvalue weighted by molar-refractivity contribution is 5.85. The number of nitrogens with one attached hydrogen (secondary N) is 2. The number of carbonyl (C=O) groups excluding carboxylic acids is 1. The molecule has 1 aliphatic rings. The first-order chi connectivity index (χ1) is 7.25. The molecule has 88 valence electrons. The van der Waals surface area contributed by atoms with Gasteiger partial charge in [0.15, 0.2) is 0 Å². The standard InChI is InChI=1S/C10H20N2O3/c1-3-10(5-4-6-11-10)9(13)12-15-8-7-14-2/h11H,3-8H2,1-2H3,(H,12,13). The van der Waals surface area contributed by atoms with Gasteiger partial charge in [0.2, 0.25) is 0 Å². The van der Waals surface area contributed by atoms with Gasteiger partial charge in [-0.1, -0.05) is 6.92 Å². The van der Waals surface area contributed by atoms with Crippen molar-refractivity contribution >= 4 is 5.91 Å². The summed E-state index contributed by atoms with van der Waals surface area (Å²) in [5, 5.41) is 3.24. The Labute approximate surface area is 90.5 Å². The number of rotatable bonds is 6. The van der Waals surface area contributed by atoms with E-state index >= 15 is 0 Å². The molecule has 1 unspecified atom stereocenters. The Balaban J connectivity index is 2.31. The van der Waals surface area contributed by atoms with Gasteiger partial charge in [-0.2, -0.15) is 0 Å². The van der Waals surface area contributed by atoms with Gasteiger partial charge in [0.25, 0.3) is 5.91 Å². The molecule has 0 radical (unpaired) electrons. The minimum absolute atomic E-state index is 0.0707. The van der Waals surface area contributed by atoms with Crippen LogP contribution < -0.4 is 10.8 Å². The first-order valence-corrected chi connectivity index (χ1v) is 5.41. The summed E-state index contributed by atoms with van der Waals surface area (Å²) < 4.78 is 4.81. The first kappa shape index (κ1) is 12.4. The summed E-state index contributed by atoms with van der Waals surface area (Å²) in [6, 6.07) is 0. The van der Waals surface area contributed by atoms with Gasteiger partial charge in [0, 0.05) is 7.11 Å². The maximum Gasteiger partial charge on any atom is 0.263 e. The Morgan fingerprint density at radius 1 is 1.53 bits per heavy atom. The van der Waals surface area contributed by atoms with Gasteiger partial charge in [-0.3, -0.25) is 9.63 Å². The van der Waals surface area contributed by atoms with E-state index in [2.05, 4.69) is 10.8 Å². The molecule has 1 atom stereocenters. The Kier molecular flexibility index (Phi) is 5.01. The van der Waals surface area contributed by atoms with Crippen LogP contribution in [0.2, 0.25) is 0 Å². The van der Waals surface area contributed by atoms with Gasteiger partial charge in [-0.05, 0) is 25.8 Å². The van der Waals surface area contributed by atoms with E-state index in [-0.39, 0.29) is 5.91 Å². The van der Waals surface area contributed by atoms with Crippen molar-refractivity contribution < 1.29 is 14.4 Å². The number of hydrogen-bond acceptors (Lipinski definition) is 4. The van der Waals surface area contributed by atoms with Crippen LogP contribution in [0.5, 0.6) is 0 Å². The van der Waals surface area contributed by atoms with E-state index in [9.17, 15) is 4.79 Å². The first-order valence-electron chi connectivity index (χ1n) is 5.41. The van der Waals surface area contributed by atoms with Crippen molar-refractivity contribution in [3.05, 3.63) is 0 Å². The molecule has 1 heterocycles. The fourth-order valence-electron chi connectivity index (χ4n) is 1.80. The largest absolute Gasteiger partial charge is 0.382 e. The zero-order valence-corrected chi connectivity index (χ0v) is 9.47. The van der Waals surface area contributed by atoms with Crippen LogP contribution in [-0.2, 0) is 14.4 Å². The summed E-state index contributed by atoms with van der Waals surface area (Å²) in [7, 11) is 1.59. The molecule has 1 rings (SSSR count). The molecule has 5 nitrogen and oxygen atoms in total. The lowest BCUT2D eigenvalue weighted by Gasteiger charge is -2.26. The second kappa shape index (κ2) is 6.05. The van der Waals surface area contributed by atoms with Crippen molar-refractivity contribution in [3.63, 3.8) is 0 Å². The Morgan fingerprint density at radius 3 is 2.87 bits per heavy atom. The molecule has 0 spiro atoms. The molecular formula is C10H20N2O3. The van der Waals surface area contributed by atoms with Crippen LogP contribution in [0, 0.1) is 0 Å². The maximum absolute atomic E-state index is 11.8. The maximum atomic E-state index is 11.8. The molecule has 1 fully saturated rings. The number of amides is 1. The van der Waals surface area contributed by atoms with E-state index in [1.54, 1.807) is 7.11 Å². The van der Waals surface area contributed by atoms with Crippen LogP contribution in [0.25, 0.3) is 0 Å². The van der Waals surface area contributed by atoms with Crippen LogP contribution in [0.15, 0.2) is 0 Å². The molecule has 15 heavy (non-hydrogen) atoms. The average molecular weight is 216 g/mol. The van der Waals surface area contributed by atoms with E-state index < -0.39 is 5.54 Å². The lowest BCUT2D eigenvalue weighted by molar-refractivity contribution is -0.141. The van der Waals surface area contributed by atoms with E-state index in [1.807, 2.05) is 6.92 Å². The minimum Gasteiger partial charge on any atom is -0.382 e. The fraction of sp³-hybridized carbons (Fsp3) is 0.900. The van der Waals surface area contributed by atoms with Gasteiger partial charge in [-0.25, -0.2) is 5.48 Å². The quantitative estimate of drug-likeness (QED) is 0.492. The van der Waals surface area contributed by atoms with Crippen LogP contribution in [-0.4, -0.2) is 38.3 Å². The highest BCUT2D eigenvalue weighted by Crippen LogP contribution is 2.22. The van der Waals surface area contributed by atoms with E-state index in [0.29, 0.717) is 13.2 Å². The highest BCUT2D eigenvalue weighted by Gasteiger charge is 2.39. The van der Waals surface area contributed by atoms with Crippen molar-refractivity contribution in [3.8, 4) is 0 Å². The SMILES string of the molecule is CCC1(C(=O)NOCCOC)CCCN1. The van der Waals surface area contributed by atoms with Crippen molar-refractivity contribution in [2.24, 2.45) is 0 Å². The molecule has 2 N–H and O–H groups in total. The smallest absolute Gasteiger partial charge is 0.263 e. The van der Waals surface area contributed by atoms with Crippen molar-refractivity contribution in [2.45, 2.75) is 31.7 Å². The summed E-state index contributed by atoms with van der Waals surface area (Å²) in [6.45, 7) is 3.77. The lowest BCUT2D eigenvalue weighted by atomic mass is 9.94. The molecular weight excluding hydrogens is 196 g/mol. The Hall–Kier alpha value is -0.650. The molecule has 5 heteroatoms. The summed E-state index contributed by atoms with van der Waals surface area (Å²) in [5.74, 6) is -0.0707. The summed E-state index contributed by atoms with van der Waals surface area (Å²) in [6.07, 6.45) is 2.70. The zero-order chi connectivity index (χ0) is 11.1. The number of ether oxygens (including phenoxy) is 1. The van der Waals surface area contributed by atoms with Crippen molar-refractivity contribution in [2.75, 3.05) is 26.9 Å². The predicted molar refractivity (Wildman–Crippen MR) is 56.2 cm³/mol. The number of carbonyl (C=O) groups is 1. The van der Waals surface area contributed by atoms with Crippen LogP contribution in [0.4, 0.5) is 0 Å². The average Bonchev–Trinajstić information content (AvgIpc) is 2.74. The number of methoxy groups -OCH3 is 1. The third kappa shape index (κ3) is 3.15.